The third-order valence-corrected chi connectivity index (χ3v) is 17.9. The van der Waals surface area contributed by atoms with Crippen molar-refractivity contribution in [1.82, 2.24) is 9.47 Å². The van der Waals surface area contributed by atoms with Gasteiger partial charge in [-0.15, -0.1) is 11.8 Å². The Kier molecular flexibility index (Phi) is 20.4. The third kappa shape index (κ3) is 14.5. The number of benzene rings is 6. The number of nitrogens with one attached hydrogen (secondary N) is 2. The number of piperidine rings is 1. The van der Waals surface area contributed by atoms with Gasteiger partial charge in [-0.25, -0.2) is 13.2 Å². The lowest BCUT2D eigenvalue weighted by Gasteiger charge is -2.37. The van der Waals surface area contributed by atoms with Crippen LogP contribution in [-0.4, -0.2) is 117 Å². The van der Waals surface area contributed by atoms with Crippen LogP contribution in [0.15, 0.2) is 160 Å². The molecule has 4 N–H and O–H groups in total. The molecule has 0 aliphatic carbocycles. The van der Waals surface area contributed by atoms with E-state index in [2.05, 4.69) is 41.4 Å². The standard InChI is InChI=1S/C59H60ClF3N6O6S3.CH4O/c1-3-69-40(2)55(58(72)75-50-22-12-41(38-70)13-23-50)56(57(69)42-14-16-44(60)17-15-42)43-8-7-9-48(36-43)68-34-32-67(33-35-68)47-20-18-45(19-21-47)65-77-52-24-25-53(54(37-52)78(73,74)59(61,62)63)64-46(39-76-51-10-5-4-6-11-51)26-29-66-30-27-49(71)28-31-66;1-2/h4-25,36-38,46,49,64-65,71H,3,26-35,39H2,1-2H3;2H,1H3/t46-;/m1./s1. The van der Waals surface area contributed by atoms with E-state index in [0.717, 1.165) is 75.8 Å². The van der Waals surface area contributed by atoms with Crippen LogP contribution in [0.25, 0.3) is 22.4 Å². The Balaban J connectivity index is 0.00000416. The maximum atomic E-state index is 14.3. The summed E-state index contributed by atoms with van der Waals surface area (Å²) in [5.41, 5.74) is 2.00. The quantitative estimate of drug-likeness (QED) is 0.0188. The summed E-state index contributed by atoms with van der Waals surface area (Å²) in [6, 6.07) is 43.2. The first kappa shape index (κ1) is 59.7. The van der Waals surface area contributed by atoms with Crippen LogP contribution in [0.4, 0.5) is 35.9 Å². The number of ether oxygens (including phenoxy) is 1. The Hall–Kier alpha value is -6.45. The molecule has 2 saturated heterocycles. The zero-order valence-corrected chi connectivity index (χ0v) is 47.7. The van der Waals surface area contributed by atoms with Crippen molar-refractivity contribution in [3.8, 4) is 28.1 Å². The van der Waals surface area contributed by atoms with Gasteiger partial charge in [0.2, 0.25) is 0 Å². The van der Waals surface area contributed by atoms with Gasteiger partial charge in [-0.3, -0.25) is 4.79 Å². The number of anilines is 4. The summed E-state index contributed by atoms with van der Waals surface area (Å²) >= 11 is 8.91. The van der Waals surface area contributed by atoms with Crippen LogP contribution in [-0.2, 0) is 16.4 Å². The van der Waals surface area contributed by atoms with Crippen LogP contribution >= 0.6 is 35.3 Å². The van der Waals surface area contributed by atoms with Crippen LogP contribution in [0, 0.1) is 6.92 Å². The van der Waals surface area contributed by atoms with Gasteiger partial charge in [-0.2, -0.15) is 13.2 Å². The molecule has 422 valence electrons. The minimum Gasteiger partial charge on any atom is -0.423 e. The SMILES string of the molecule is CCn1c(C)c(C(=O)Oc2ccc(C=O)cc2)c(-c2cccc(N3CCN(c4ccc(NSc5ccc(N[C@H](CCN6CCC(O)CC6)CSc6ccccc6)c(S(=O)(=O)C(F)(F)F)c5)cc4)CC3)c2)c1-c1ccc(Cl)cc1.CO. The molecule has 1 atom stereocenters. The number of aromatic nitrogens is 1. The maximum Gasteiger partial charge on any atom is 0.501 e. The molecule has 0 saturated carbocycles. The fourth-order valence-corrected chi connectivity index (χ4v) is 12.8. The molecular formula is C60H64ClF3N6O7S3. The lowest BCUT2D eigenvalue weighted by atomic mass is 9.96. The van der Waals surface area contributed by atoms with Crippen molar-refractivity contribution in [2.24, 2.45) is 0 Å². The fraction of sp³-hybridized carbons (Fsp3) is 0.300. The van der Waals surface area contributed by atoms with E-state index in [9.17, 15) is 36.3 Å². The van der Waals surface area contributed by atoms with Crippen molar-refractivity contribution >= 4 is 80.2 Å². The smallest absolute Gasteiger partial charge is 0.423 e. The molecule has 0 radical (unpaired) electrons. The highest BCUT2D eigenvalue weighted by molar-refractivity contribution is 8.00. The largest absolute Gasteiger partial charge is 0.501 e. The summed E-state index contributed by atoms with van der Waals surface area (Å²) in [7, 11) is -4.74. The van der Waals surface area contributed by atoms with Gasteiger partial charge in [-0.1, -0.05) is 54.1 Å². The molecule has 2 aliphatic rings. The lowest BCUT2D eigenvalue weighted by Crippen LogP contribution is -2.46. The number of halogens is 4. The summed E-state index contributed by atoms with van der Waals surface area (Å²) in [5, 5.41) is 20.8. The average Bonchev–Trinajstić information content (AvgIpc) is 3.79. The number of thioether (sulfide) groups is 1. The van der Waals surface area contributed by atoms with Crippen LogP contribution in [0.5, 0.6) is 5.75 Å². The second kappa shape index (κ2) is 27.3. The van der Waals surface area contributed by atoms with E-state index in [1.165, 1.54) is 6.07 Å². The number of hydrogen-bond acceptors (Lipinski definition) is 14. The molecule has 1 aromatic heterocycles. The summed E-state index contributed by atoms with van der Waals surface area (Å²) in [6.45, 7) is 9.41. The second-order valence-electron chi connectivity index (χ2n) is 19.2. The van der Waals surface area contributed by atoms with Gasteiger partial charge in [0.05, 0.1) is 23.0 Å². The highest BCUT2D eigenvalue weighted by atomic mass is 35.5. The number of esters is 1. The van der Waals surface area contributed by atoms with E-state index < -0.39 is 26.2 Å². The molecule has 0 amide bonds. The van der Waals surface area contributed by atoms with E-state index in [-0.39, 0.29) is 22.7 Å². The van der Waals surface area contributed by atoms with Gasteiger partial charge in [0.25, 0.3) is 9.84 Å². The Labute approximate surface area is 479 Å². The number of alkyl halides is 3. The van der Waals surface area contributed by atoms with Gasteiger partial charge in [0.15, 0.2) is 0 Å². The van der Waals surface area contributed by atoms with Gasteiger partial charge < -0.3 is 44.3 Å². The molecule has 80 heavy (non-hydrogen) atoms. The predicted octanol–water partition coefficient (Wildman–Crippen LogP) is 12.6. The number of carbonyl (C=O) groups excluding carboxylic acids is 2. The number of nitrogens with zero attached hydrogens (tertiary/aromatic N) is 4. The molecule has 20 heteroatoms. The summed E-state index contributed by atoms with van der Waals surface area (Å²) in [5.74, 6) is 0.286. The molecule has 13 nitrogen and oxygen atoms in total. The minimum absolute atomic E-state index is 0.112. The number of aliphatic hydroxyl groups excluding tert-OH is 2. The van der Waals surface area contributed by atoms with E-state index in [1.54, 1.807) is 42.1 Å². The van der Waals surface area contributed by atoms with Crippen molar-refractivity contribution in [3.05, 3.63) is 167 Å². The van der Waals surface area contributed by atoms with Crippen molar-refractivity contribution in [3.63, 3.8) is 0 Å². The normalized spacial score (nSPS) is 14.7. The number of carbonyl (C=O) groups is 2. The van der Waals surface area contributed by atoms with E-state index >= 15 is 0 Å². The van der Waals surface area contributed by atoms with Crippen LogP contribution in [0.2, 0.25) is 5.02 Å². The number of piperazine rings is 1. The Morgan fingerprint density at radius 1 is 0.800 bits per heavy atom. The average molecular weight is 1170 g/mol. The number of likely N-dealkylation sites (tertiary alicyclic amines) is 1. The number of sulfone groups is 1. The fourth-order valence-electron chi connectivity index (χ4n) is 9.93. The molecule has 9 rings (SSSR count). The van der Waals surface area contributed by atoms with Crippen molar-refractivity contribution in [1.29, 1.82) is 0 Å². The summed E-state index contributed by atoms with van der Waals surface area (Å²) in [4.78, 5) is 32.8. The van der Waals surface area contributed by atoms with Crippen LogP contribution < -0.4 is 24.6 Å². The number of aldehydes is 1. The zero-order valence-electron chi connectivity index (χ0n) is 44.5. The summed E-state index contributed by atoms with van der Waals surface area (Å²) in [6.07, 6.45) is 2.24. The summed E-state index contributed by atoms with van der Waals surface area (Å²) < 4.78 is 80.5. The monoisotopic (exact) mass is 1170 g/mol. The van der Waals surface area contributed by atoms with Gasteiger partial charge in [0, 0.05) is 120 Å². The Bertz CT molecular complexity index is 3300. The number of rotatable bonds is 20. The second-order valence-corrected chi connectivity index (χ2v) is 23.5. The molecule has 0 bridgehead atoms. The first-order chi connectivity index (χ1) is 38.6. The lowest BCUT2D eigenvalue weighted by molar-refractivity contribution is -0.0436. The van der Waals surface area contributed by atoms with E-state index in [1.807, 2.05) is 105 Å². The predicted molar refractivity (Wildman–Crippen MR) is 317 cm³/mol. The molecule has 7 aromatic rings. The van der Waals surface area contributed by atoms with Gasteiger partial charge >= 0.3 is 11.5 Å². The highest BCUT2D eigenvalue weighted by Gasteiger charge is 2.48. The highest BCUT2D eigenvalue weighted by Crippen LogP contribution is 2.42. The number of aliphatic hydroxyl groups is 2. The molecule has 0 unspecified atom stereocenters. The Morgan fingerprint density at radius 3 is 2.10 bits per heavy atom. The number of hydrogen-bond donors (Lipinski definition) is 4. The molecular weight excluding hydrogens is 1110 g/mol. The molecule has 6 aromatic carbocycles. The van der Waals surface area contributed by atoms with Crippen molar-refractivity contribution in [2.75, 3.05) is 78.5 Å². The zero-order chi connectivity index (χ0) is 57.0. The van der Waals surface area contributed by atoms with Crippen LogP contribution in [0.1, 0.15) is 52.6 Å². The van der Waals surface area contributed by atoms with E-state index in [0.29, 0.717) is 105 Å². The maximum absolute atomic E-state index is 14.3. The minimum atomic E-state index is -5.74. The molecule has 0 spiro atoms. The van der Waals surface area contributed by atoms with Gasteiger partial charge in [-0.05, 0) is 159 Å². The first-order valence-electron chi connectivity index (χ1n) is 26.2. The van der Waals surface area contributed by atoms with Crippen LogP contribution in [0.3, 0.4) is 0 Å². The topological polar surface area (TPSA) is 157 Å². The first-order valence-corrected chi connectivity index (χ1v) is 29.9. The Morgan fingerprint density at radius 2 is 1.46 bits per heavy atom. The third-order valence-electron chi connectivity index (χ3n) is 14.1. The molecule has 2 fully saturated rings. The molecule has 3 heterocycles. The van der Waals surface area contributed by atoms with Crippen molar-refractivity contribution < 1.29 is 46.1 Å². The van der Waals surface area contributed by atoms with Gasteiger partial charge in [0.1, 0.15) is 16.9 Å². The van der Waals surface area contributed by atoms with E-state index in [4.69, 9.17) is 21.4 Å². The van der Waals surface area contributed by atoms with Crippen molar-refractivity contribution in [2.45, 2.75) is 72.0 Å². The molecule has 2 aliphatic heterocycles.